The smallest absolute Gasteiger partial charge is 0.191 e. The molecule has 1 aliphatic heterocycles. The molecule has 0 saturated carbocycles. The fraction of sp³-hybridized carbons (Fsp3) is 0.100. The zero-order valence-corrected chi connectivity index (χ0v) is 7.03. The summed E-state index contributed by atoms with van der Waals surface area (Å²) in [5.74, 6) is 0. The first kappa shape index (κ1) is 7.86. The molecule has 13 heavy (non-hydrogen) atoms. The number of hydrogen-bond donors (Lipinski definition) is 2. The summed E-state index contributed by atoms with van der Waals surface area (Å²) in [5, 5.41) is 5.95. The Kier molecular flexibility index (Phi) is 1.77. The average Bonchev–Trinajstić information content (AvgIpc) is 2.69. The van der Waals surface area contributed by atoms with Gasteiger partial charge in [0.2, 0.25) is 0 Å². The summed E-state index contributed by atoms with van der Waals surface area (Å²) in [6.07, 6.45) is 4.31. The second-order valence-electron chi connectivity index (χ2n) is 2.91. The van der Waals surface area contributed by atoms with Gasteiger partial charge in [-0.25, -0.2) is 0 Å². The van der Waals surface area contributed by atoms with Crippen molar-refractivity contribution in [3.8, 4) is 0 Å². The third-order valence-corrected chi connectivity index (χ3v) is 2.11. The molecule has 0 aromatic heterocycles. The maximum absolute atomic E-state index is 11.0. The van der Waals surface area contributed by atoms with Gasteiger partial charge in [-0.15, -0.1) is 0 Å². The van der Waals surface area contributed by atoms with Gasteiger partial charge in [0.05, 0.1) is 0 Å². The fourth-order valence-corrected chi connectivity index (χ4v) is 1.39. The lowest BCUT2D eigenvalue weighted by Gasteiger charge is -2.24. The number of hydrogen-bond acceptors (Lipinski definition) is 3. The van der Waals surface area contributed by atoms with Crippen LogP contribution in [0.5, 0.6) is 0 Å². The van der Waals surface area contributed by atoms with Gasteiger partial charge >= 0.3 is 0 Å². The largest absolute Gasteiger partial charge is 0.358 e. The van der Waals surface area contributed by atoms with Crippen molar-refractivity contribution in [1.82, 2.24) is 10.6 Å². The van der Waals surface area contributed by atoms with Gasteiger partial charge in [0, 0.05) is 18.0 Å². The van der Waals surface area contributed by atoms with Crippen LogP contribution in [0, 0.1) is 0 Å². The molecule has 0 saturated heterocycles. The molecule has 0 amide bonds. The van der Waals surface area contributed by atoms with E-state index in [1.165, 1.54) is 0 Å². The van der Waals surface area contributed by atoms with Crippen molar-refractivity contribution in [3.05, 3.63) is 48.3 Å². The summed E-state index contributed by atoms with van der Waals surface area (Å²) in [7, 11) is 0. The average molecular weight is 174 g/mol. The molecular weight excluding hydrogens is 164 g/mol. The molecule has 0 aliphatic carbocycles. The standard InChI is InChI=1S/C10H10N2O/c13-8-10(11-6-7-12-10)9-4-2-1-3-5-9/h1-8,11-12H. The van der Waals surface area contributed by atoms with E-state index in [1.807, 2.05) is 30.3 Å². The van der Waals surface area contributed by atoms with Gasteiger partial charge in [-0.1, -0.05) is 30.3 Å². The number of rotatable bonds is 2. The summed E-state index contributed by atoms with van der Waals surface area (Å²) in [4.78, 5) is 11.0. The van der Waals surface area contributed by atoms with Crippen molar-refractivity contribution >= 4 is 6.29 Å². The van der Waals surface area contributed by atoms with Crippen molar-refractivity contribution in [2.45, 2.75) is 5.66 Å². The number of benzene rings is 1. The molecule has 66 valence electrons. The summed E-state index contributed by atoms with van der Waals surface area (Å²) in [6.45, 7) is 0. The highest BCUT2D eigenvalue weighted by molar-refractivity contribution is 5.68. The summed E-state index contributed by atoms with van der Waals surface area (Å²) in [5.41, 5.74) is 0.149. The van der Waals surface area contributed by atoms with E-state index in [4.69, 9.17) is 0 Å². The summed E-state index contributed by atoms with van der Waals surface area (Å²) < 4.78 is 0. The minimum absolute atomic E-state index is 0.763. The summed E-state index contributed by atoms with van der Waals surface area (Å²) >= 11 is 0. The van der Waals surface area contributed by atoms with Crippen molar-refractivity contribution in [1.29, 1.82) is 0 Å². The van der Waals surface area contributed by atoms with E-state index < -0.39 is 5.66 Å². The van der Waals surface area contributed by atoms with Crippen LogP contribution in [0.15, 0.2) is 42.7 Å². The predicted molar refractivity (Wildman–Crippen MR) is 49.6 cm³/mol. The van der Waals surface area contributed by atoms with E-state index in [2.05, 4.69) is 10.6 Å². The van der Waals surface area contributed by atoms with Gasteiger partial charge in [-0.3, -0.25) is 4.79 Å². The van der Waals surface area contributed by atoms with E-state index in [1.54, 1.807) is 12.4 Å². The molecule has 1 aromatic carbocycles. The maximum Gasteiger partial charge on any atom is 0.191 e. The third kappa shape index (κ3) is 1.18. The molecule has 1 heterocycles. The topological polar surface area (TPSA) is 41.1 Å². The quantitative estimate of drug-likeness (QED) is 0.648. The monoisotopic (exact) mass is 174 g/mol. The van der Waals surface area contributed by atoms with Gasteiger partial charge in [0.25, 0.3) is 0 Å². The second-order valence-corrected chi connectivity index (χ2v) is 2.91. The molecule has 2 N–H and O–H groups in total. The van der Waals surface area contributed by atoms with Crippen LogP contribution in [0.2, 0.25) is 0 Å². The van der Waals surface area contributed by atoms with Crippen LogP contribution in [0.1, 0.15) is 5.56 Å². The SMILES string of the molecule is O=CC1(c2ccccc2)NC=CN1. The molecule has 0 unspecified atom stereocenters. The molecule has 2 rings (SSSR count). The lowest BCUT2D eigenvalue weighted by molar-refractivity contribution is -0.113. The Hall–Kier alpha value is -1.77. The lowest BCUT2D eigenvalue weighted by Crippen LogP contribution is -2.47. The van der Waals surface area contributed by atoms with Gasteiger partial charge < -0.3 is 10.6 Å². The molecule has 0 spiro atoms. The van der Waals surface area contributed by atoms with Crippen LogP contribution in [0.25, 0.3) is 0 Å². The van der Waals surface area contributed by atoms with E-state index in [0.29, 0.717) is 0 Å². The van der Waals surface area contributed by atoms with E-state index in [9.17, 15) is 4.79 Å². The molecule has 1 aromatic rings. The maximum atomic E-state index is 11.0. The van der Waals surface area contributed by atoms with Crippen LogP contribution < -0.4 is 10.6 Å². The molecule has 3 heteroatoms. The first-order valence-corrected chi connectivity index (χ1v) is 4.10. The molecule has 0 bridgehead atoms. The normalized spacial score (nSPS) is 17.5. The Morgan fingerprint density at radius 1 is 1.08 bits per heavy atom. The van der Waals surface area contributed by atoms with E-state index >= 15 is 0 Å². The molecule has 0 fully saturated rings. The van der Waals surface area contributed by atoms with Gasteiger partial charge in [0.15, 0.2) is 11.9 Å². The highest BCUT2D eigenvalue weighted by Crippen LogP contribution is 2.17. The molecular formula is C10H10N2O. The van der Waals surface area contributed by atoms with Crippen LogP contribution in [-0.4, -0.2) is 6.29 Å². The van der Waals surface area contributed by atoms with Gasteiger partial charge in [-0.2, -0.15) is 0 Å². The van der Waals surface area contributed by atoms with E-state index in [0.717, 1.165) is 11.8 Å². The number of nitrogens with one attached hydrogen (secondary N) is 2. The molecule has 3 nitrogen and oxygen atoms in total. The first-order valence-electron chi connectivity index (χ1n) is 4.10. The Morgan fingerprint density at radius 2 is 1.69 bits per heavy atom. The Morgan fingerprint density at radius 3 is 2.23 bits per heavy atom. The van der Waals surface area contributed by atoms with E-state index in [-0.39, 0.29) is 0 Å². The number of carbonyl (C=O) groups excluding carboxylic acids is 1. The van der Waals surface area contributed by atoms with Crippen LogP contribution >= 0.6 is 0 Å². The molecule has 1 aliphatic rings. The molecule has 0 radical (unpaired) electrons. The predicted octanol–water partition coefficient (Wildman–Crippen LogP) is 0.702. The number of carbonyl (C=O) groups is 1. The third-order valence-electron chi connectivity index (χ3n) is 2.11. The zero-order chi connectivity index (χ0) is 9.15. The highest BCUT2D eigenvalue weighted by atomic mass is 16.1. The minimum atomic E-state index is -0.763. The highest BCUT2D eigenvalue weighted by Gasteiger charge is 2.31. The lowest BCUT2D eigenvalue weighted by atomic mass is 10.0. The van der Waals surface area contributed by atoms with Crippen LogP contribution in [0.3, 0.4) is 0 Å². The minimum Gasteiger partial charge on any atom is -0.358 e. The zero-order valence-electron chi connectivity index (χ0n) is 7.03. The van der Waals surface area contributed by atoms with Crippen molar-refractivity contribution in [2.24, 2.45) is 0 Å². The first-order chi connectivity index (χ1) is 6.37. The Balaban J connectivity index is 2.38. The van der Waals surface area contributed by atoms with Crippen molar-refractivity contribution in [2.75, 3.05) is 0 Å². The summed E-state index contributed by atoms with van der Waals surface area (Å²) in [6, 6.07) is 9.54. The van der Waals surface area contributed by atoms with Gasteiger partial charge in [0.1, 0.15) is 0 Å². The van der Waals surface area contributed by atoms with Crippen molar-refractivity contribution < 1.29 is 4.79 Å². The van der Waals surface area contributed by atoms with Crippen LogP contribution in [-0.2, 0) is 10.5 Å². The number of aldehydes is 1. The Labute approximate surface area is 76.5 Å². The van der Waals surface area contributed by atoms with Gasteiger partial charge in [-0.05, 0) is 0 Å². The second kappa shape index (κ2) is 2.94. The van der Waals surface area contributed by atoms with Crippen molar-refractivity contribution in [3.63, 3.8) is 0 Å². The Bertz CT molecular complexity index is 324. The van der Waals surface area contributed by atoms with Crippen LogP contribution in [0.4, 0.5) is 0 Å². The molecule has 0 atom stereocenters. The fourth-order valence-electron chi connectivity index (χ4n) is 1.39.